The Labute approximate surface area is 112 Å². The number of phenols is 1. The average Bonchev–Trinajstić information content (AvgIpc) is 2.71. The molecule has 5 heteroatoms. The molecule has 0 aliphatic carbocycles. The molecule has 0 saturated carbocycles. The highest BCUT2D eigenvalue weighted by Gasteiger charge is 2.13. The standard InChI is InChI=1S/C13H10BrN3O/c1-17-11-4-5-15-7-10(11)16-13(17)9-6-8(14)2-3-12(9)18/h2-7,18H,1H3. The van der Waals surface area contributed by atoms with E-state index in [-0.39, 0.29) is 5.75 Å². The predicted octanol–water partition coefficient (Wildman–Crippen LogP) is 3.10. The Morgan fingerprint density at radius 2 is 2.11 bits per heavy atom. The van der Waals surface area contributed by atoms with E-state index >= 15 is 0 Å². The van der Waals surface area contributed by atoms with Crippen molar-refractivity contribution in [1.29, 1.82) is 0 Å². The molecule has 4 nitrogen and oxygen atoms in total. The van der Waals surface area contributed by atoms with Crippen LogP contribution in [0, 0.1) is 0 Å². The van der Waals surface area contributed by atoms with E-state index in [4.69, 9.17) is 0 Å². The summed E-state index contributed by atoms with van der Waals surface area (Å²) in [6.45, 7) is 0. The van der Waals surface area contributed by atoms with Gasteiger partial charge in [0.1, 0.15) is 17.1 Å². The number of fused-ring (bicyclic) bond motifs is 1. The zero-order chi connectivity index (χ0) is 12.7. The van der Waals surface area contributed by atoms with E-state index in [1.165, 1.54) is 0 Å². The Hall–Kier alpha value is -1.88. The van der Waals surface area contributed by atoms with Gasteiger partial charge in [-0.15, -0.1) is 0 Å². The molecule has 0 bridgehead atoms. The Kier molecular flexibility index (Phi) is 2.56. The fourth-order valence-electron chi connectivity index (χ4n) is 1.98. The van der Waals surface area contributed by atoms with Crippen molar-refractivity contribution < 1.29 is 5.11 Å². The molecule has 3 rings (SSSR count). The van der Waals surface area contributed by atoms with Gasteiger partial charge < -0.3 is 9.67 Å². The summed E-state index contributed by atoms with van der Waals surface area (Å²) in [4.78, 5) is 8.56. The third-order valence-electron chi connectivity index (χ3n) is 2.88. The first-order valence-corrected chi connectivity index (χ1v) is 6.21. The number of benzene rings is 1. The minimum atomic E-state index is 0.213. The van der Waals surface area contributed by atoms with E-state index in [1.54, 1.807) is 24.5 Å². The van der Waals surface area contributed by atoms with E-state index in [0.717, 1.165) is 21.3 Å². The van der Waals surface area contributed by atoms with Gasteiger partial charge in [-0.05, 0) is 24.3 Å². The molecule has 0 saturated heterocycles. The normalized spacial score (nSPS) is 11.0. The highest BCUT2D eigenvalue weighted by molar-refractivity contribution is 9.10. The van der Waals surface area contributed by atoms with E-state index in [9.17, 15) is 5.11 Å². The molecule has 18 heavy (non-hydrogen) atoms. The van der Waals surface area contributed by atoms with Crippen molar-refractivity contribution in [2.75, 3.05) is 0 Å². The number of hydrogen-bond acceptors (Lipinski definition) is 3. The van der Waals surface area contributed by atoms with Crippen molar-refractivity contribution in [3.05, 3.63) is 41.1 Å². The maximum Gasteiger partial charge on any atom is 0.144 e. The lowest BCUT2D eigenvalue weighted by Gasteiger charge is -2.05. The number of aryl methyl sites for hydroxylation is 1. The Morgan fingerprint density at radius 1 is 1.28 bits per heavy atom. The van der Waals surface area contributed by atoms with E-state index < -0.39 is 0 Å². The SMILES string of the molecule is Cn1c(-c2cc(Br)ccc2O)nc2cnccc21. The van der Waals surface area contributed by atoms with Crippen LogP contribution in [0.3, 0.4) is 0 Å². The number of pyridine rings is 1. The molecule has 0 atom stereocenters. The summed E-state index contributed by atoms with van der Waals surface area (Å²) < 4.78 is 2.85. The number of halogens is 1. The maximum absolute atomic E-state index is 9.95. The van der Waals surface area contributed by atoms with Crippen molar-refractivity contribution in [3.63, 3.8) is 0 Å². The quantitative estimate of drug-likeness (QED) is 0.751. The van der Waals surface area contributed by atoms with Gasteiger partial charge in [-0.3, -0.25) is 4.98 Å². The molecule has 90 valence electrons. The second kappa shape index (κ2) is 4.10. The lowest BCUT2D eigenvalue weighted by atomic mass is 10.2. The summed E-state index contributed by atoms with van der Waals surface area (Å²) in [6, 6.07) is 7.20. The number of phenolic OH excluding ortho intramolecular Hbond substituents is 1. The van der Waals surface area contributed by atoms with Crippen LogP contribution in [0.25, 0.3) is 22.4 Å². The van der Waals surface area contributed by atoms with Crippen LogP contribution in [-0.4, -0.2) is 19.6 Å². The number of hydrogen-bond donors (Lipinski definition) is 1. The first kappa shape index (κ1) is 11.2. The van der Waals surface area contributed by atoms with Gasteiger partial charge in [0.05, 0.1) is 17.3 Å². The molecule has 2 heterocycles. The number of aromatic hydroxyl groups is 1. The van der Waals surface area contributed by atoms with Gasteiger partial charge in [0.2, 0.25) is 0 Å². The van der Waals surface area contributed by atoms with E-state index in [1.807, 2.05) is 23.7 Å². The predicted molar refractivity (Wildman–Crippen MR) is 73.3 cm³/mol. The molecule has 1 N–H and O–H groups in total. The molecule has 0 spiro atoms. The molecule has 0 amide bonds. The minimum absolute atomic E-state index is 0.213. The topological polar surface area (TPSA) is 50.9 Å². The number of nitrogens with zero attached hydrogens (tertiary/aromatic N) is 3. The average molecular weight is 304 g/mol. The van der Waals surface area contributed by atoms with Crippen molar-refractivity contribution >= 4 is 27.0 Å². The first-order chi connectivity index (χ1) is 8.66. The lowest BCUT2D eigenvalue weighted by Crippen LogP contribution is -1.92. The Balaban J connectivity index is 2.31. The molecular formula is C13H10BrN3O. The Bertz CT molecular complexity index is 736. The van der Waals surface area contributed by atoms with Gasteiger partial charge >= 0.3 is 0 Å². The summed E-state index contributed by atoms with van der Waals surface area (Å²) >= 11 is 3.40. The zero-order valence-electron chi connectivity index (χ0n) is 9.63. The van der Waals surface area contributed by atoms with Gasteiger partial charge in [-0.25, -0.2) is 4.98 Å². The smallest absolute Gasteiger partial charge is 0.144 e. The van der Waals surface area contributed by atoms with Gasteiger partial charge in [-0.2, -0.15) is 0 Å². The van der Waals surface area contributed by atoms with Crippen LogP contribution < -0.4 is 0 Å². The Morgan fingerprint density at radius 3 is 2.89 bits per heavy atom. The summed E-state index contributed by atoms with van der Waals surface area (Å²) in [7, 11) is 1.92. The van der Waals surface area contributed by atoms with Crippen LogP contribution >= 0.6 is 15.9 Å². The molecular weight excluding hydrogens is 294 g/mol. The fraction of sp³-hybridized carbons (Fsp3) is 0.0769. The minimum Gasteiger partial charge on any atom is -0.507 e. The van der Waals surface area contributed by atoms with Crippen LogP contribution in [0.5, 0.6) is 5.75 Å². The lowest BCUT2D eigenvalue weighted by molar-refractivity contribution is 0.476. The van der Waals surface area contributed by atoms with Crippen LogP contribution in [0.2, 0.25) is 0 Å². The van der Waals surface area contributed by atoms with Gasteiger partial charge in [0, 0.05) is 17.7 Å². The maximum atomic E-state index is 9.95. The summed E-state index contributed by atoms with van der Waals surface area (Å²) in [5, 5.41) is 9.95. The zero-order valence-corrected chi connectivity index (χ0v) is 11.2. The molecule has 0 unspecified atom stereocenters. The molecule has 2 aromatic heterocycles. The fourth-order valence-corrected chi connectivity index (χ4v) is 2.34. The molecule has 0 radical (unpaired) electrons. The highest BCUT2D eigenvalue weighted by Crippen LogP contribution is 2.32. The van der Waals surface area contributed by atoms with Gasteiger partial charge in [0.15, 0.2) is 0 Å². The van der Waals surface area contributed by atoms with Crippen molar-refractivity contribution in [3.8, 4) is 17.1 Å². The van der Waals surface area contributed by atoms with Crippen LogP contribution in [0.4, 0.5) is 0 Å². The van der Waals surface area contributed by atoms with Crippen LogP contribution in [-0.2, 0) is 7.05 Å². The monoisotopic (exact) mass is 303 g/mol. The second-order valence-electron chi connectivity index (χ2n) is 4.02. The summed E-state index contributed by atoms with van der Waals surface area (Å²) in [5.41, 5.74) is 2.50. The highest BCUT2D eigenvalue weighted by atomic mass is 79.9. The molecule has 1 aromatic carbocycles. The number of aromatic nitrogens is 3. The first-order valence-electron chi connectivity index (χ1n) is 5.42. The van der Waals surface area contributed by atoms with Gasteiger partial charge in [0.25, 0.3) is 0 Å². The second-order valence-corrected chi connectivity index (χ2v) is 4.94. The third-order valence-corrected chi connectivity index (χ3v) is 3.38. The van der Waals surface area contributed by atoms with Crippen LogP contribution in [0.1, 0.15) is 0 Å². The van der Waals surface area contributed by atoms with Crippen molar-refractivity contribution in [1.82, 2.24) is 14.5 Å². The molecule has 0 aliphatic heterocycles. The molecule has 3 aromatic rings. The third kappa shape index (κ3) is 1.67. The number of rotatable bonds is 1. The van der Waals surface area contributed by atoms with E-state index in [2.05, 4.69) is 25.9 Å². The largest absolute Gasteiger partial charge is 0.507 e. The van der Waals surface area contributed by atoms with Crippen molar-refractivity contribution in [2.45, 2.75) is 0 Å². The van der Waals surface area contributed by atoms with E-state index in [0.29, 0.717) is 5.56 Å². The summed E-state index contributed by atoms with van der Waals surface area (Å²) in [6.07, 6.45) is 3.45. The number of imidazole rings is 1. The van der Waals surface area contributed by atoms with Crippen molar-refractivity contribution in [2.24, 2.45) is 7.05 Å². The molecule has 0 fully saturated rings. The summed E-state index contributed by atoms with van der Waals surface area (Å²) in [5.74, 6) is 0.932. The van der Waals surface area contributed by atoms with Crippen LogP contribution in [0.15, 0.2) is 41.1 Å². The van der Waals surface area contributed by atoms with Gasteiger partial charge in [-0.1, -0.05) is 15.9 Å². The molecule has 0 aliphatic rings.